The molecule has 2 aromatic rings. The van der Waals surface area contributed by atoms with Crippen LogP contribution in [-0.2, 0) is 11.3 Å². The molecule has 27 heavy (non-hydrogen) atoms. The Morgan fingerprint density at radius 2 is 1.70 bits per heavy atom. The third-order valence-corrected chi connectivity index (χ3v) is 4.81. The first kappa shape index (κ1) is 19.3. The highest BCUT2D eigenvalue weighted by Crippen LogP contribution is 2.32. The van der Waals surface area contributed by atoms with Crippen molar-refractivity contribution in [2.24, 2.45) is 5.92 Å². The maximum Gasteiger partial charge on any atom is 0.471 e. The molecule has 0 bridgehead atoms. The summed E-state index contributed by atoms with van der Waals surface area (Å²) in [6.07, 6.45) is 0.0839. The molecule has 3 nitrogen and oxygen atoms in total. The molecule has 1 saturated carbocycles. The first-order valence-corrected chi connectivity index (χ1v) is 9.09. The summed E-state index contributed by atoms with van der Waals surface area (Å²) >= 11 is 0. The van der Waals surface area contributed by atoms with Gasteiger partial charge in [-0.05, 0) is 36.0 Å². The van der Waals surface area contributed by atoms with Gasteiger partial charge in [0.1, 0.15) is 5.75 Å². The lowest BCUT2D eigenvalue weighted by atomic mass is 10.0. The molecule has 0 aromatic heterocycles. The fourth-order valence-corrected chi connectivity index (χ4v) is 3.30. The van der Waals surface area contributed by atoms with Crippen LogP contribution in [0, 0.1) is 5.92 Å². The third-order valence-electron chi connectivity index (χ3n) is 4.81. The standard InChI is InChI=1S/C21H22F3NO2/c22-21(23,24)20(26)25-13-15-9-11-17(12-10-15)18-7-3-4-8-19(18)27-14-16-5-1-2-6-16/h3-4,7-12,16H,1-2,5-6,13-14H2,(H,25,26). The van der Waals surface area contributed by atoms with E-state index in [9.17, 15) is 18.0 Å². The summed E-state index contributed by atoms with van der Waals surface area (Å²) in [5.41, 5.74) is 2.46. The molecule has 1 fully saturated rings. The topological polar surface area (TPSA) is 38.3 Å². The molecule has 0 heterocycles. The summed E-state index contributed by atoms with van der Waals surface area (Å²) in [6, 6.07) is 14.8. The Bertz CT molecular complexity index is 766. The van der Waals surface area contributed by atoms with E-state index in [1.807, 2.05) is 41.7 Å². The molecule has 0 unspecified atom stereocenters. The predicted octanol–water partition coefficient (Wildman–Crippen LogP) is 5.10. The van der Waals surface area contributed by atoms with Gasteiger partial charge in [-0.15, -0.1) is 0 Å². The zero-order valence-corrected chi connectivity index (χ0v) is 14.9. The highest BCUT2D eigenvalue weighted by Gasteiger charge is 2.38. The second-order valence-electron chi connectivity index (χ2n) is 6.84. The van der Waals surface area contributed by atoms with Crippen LogP contribution in [0.1, 0.15) is 31.2 Å². The molecule has 0 radical (unpaired) electrons. The van der Waals surface area contributed by atoms with Crippen molar-refractivity contribution in [3.63, 3.8) is 0 Å². The highest BCUT2D eigenvalue weighted by molar-refractivity contribution is 5.81. The number of carbonyl (C=O) groups excluding carboxylic acids is 1. The molecule has 6 heteroatoms. The molecule has 144 valence electrons. The largest absolute Gasteiger partial charge is 0.493 e. The number of carbonyl (C=O) groups is 1. The second kappa shape index (κ2) is 8.46. The van der Waals surface area contributed by atoms with Crippen molar-refractivity contribution in [1.82, 2.24) is 5.32 Å². The van der Waals surface area contributed by atoms with Crippen LogP contribution in [0.4, 0.5) is 13.2 Å². The van der Waals surface area contributed by atoms with Gasteiger partial charge in [0.2, 0.25) is 0 Å². The van der Waals surface area contributed by atoms with Gasteiger partial charge < -0.3 is 10.1 Å². The monoisotopic (exact) mass is 377 g/mol. The van der Waals surface area contributed by atoms with E-state index in [1.165, 1.54) is 25.7 Å². The van der Waals surface area contributed by atoms with E-state index in [0.717, 1.165) is 16.9 Å². The van der Waals surface area contributed by atoms with Gasteiger partial charge in [-0.3, -0.25) is 4.79 Å². The molecule has 0 saturated heterocycles. The van der Waals surface area contributed by atoms with Crippen LogP contribution in [0.25, 0.3) is 11.1 Å². The van der Waals surface area contributed by atoms with Crippen LogP contribution in [-0.4, -0.2) is 18.7 Å². The quantitative estimate of drug-likeness (QED) is 0.761. The highest BCUT2D eigenvalue weighted by atomic mass is 19.4. The van der Waals surface area contributed by atoms with Gasteiger partial charge in [0.15, 0.2) is 0 Å². The molecule has 1 aliphatic carbocycles. The average Bonchev–Trinajstić information content (AvgIpc) is 3.18. The summed E-state index contributed by atoms with van der Waals surface area (Å²) in [5.74, 6) is -0.516. The Balaban J connectivity index is 1.65. The first-order chi connectivity index (χ1) is 12.9. The normalized spacial score (nSPS) is 14.9. The van der Waals surface area contributed by atoms with E-state index in [-0.39, 0.29) is 6.54 Å². The van der Waals surface area contributed by atoms with E-state index in [4.69, 9.17) is 4.74 Å². The summed E-state index contributed by atoms with van der Waals surface area (Å²) < 4.78 is 42.8. The van der Waals surface area contributed by atoms with Gasteiger partial charge in [-0.2, -0.15) is 13.2 Å². The Labute approximate surface area is 156 Å². The summed E-state index contributed by atoms with van der Waals surface area (Å²) in [6.45, 7) is 0.539. The van der Waals surface area contributed by atoms with Crippen molar-refractivity contribution in [3.05, 3.63) is 54.1 Å². The average molecular weight is 377 g/mol. The zero-order chi connectivity index (χ0) is 19.3. The fraction of sp³-hybridized carbons (Fsp3) is 0.381. The van der Waals surface area contributed by atoms with Gasteiger partial charge in [0, 0.05) is 12.1 Å². The predicted molar refractivity (Wildman–Crippen MR) is 97.2 cm³/mol. The van der Waals surface area contributed by atoms with Crippen LogP contribution < -0.4 is 10.1 Å². The van der Waals surface area contributed by atoms with Gasteiger partial charge in [-0.25, -0.2) is 0 Å². The van der Waals surface area contributed by atoms with Crippen LogP contribution in [0.15, 0.2) is 48.5 Å². The van der Waals surface area contributed by atoms with Crippen LogP contribution in [0.5, 0.6) is 5.75 Å². The zero-order valence-electron chi connectivity index (χ0n) is 14.9. The molecule has 2 aromatic carbocycles. The third kappa shape index (κ3) is 5.25. The van der Waals surface area contributed by atoms with Crippen LogP contribution in [0.3, 0.4) is 0 Å². The first-order valence-electron chi connectivity index (χ1n) is 9.09. The molecule has 0 aliphatic heterocycles. The maximum atomic E-state index is 12.2. The minimum atomic E-state index is -4.87. The number of benzene rings is 2. The lowest BCUT2D eigenvalue weighted by Crippen LogP contribution is -2.36. The fourth-order valence-electron chi connectivity index (χ4n) is 3.30. The Morgan fingerprint density at radius 1 is 1.04 bits per heavy atom. The van der Waals surface area contributed by atoms with Gasteiger partial charge >= 0.3 is 12.1 Å². The summed E-state index contributed by atoms with van der Waals surface area (Å²) in [7, 11) is 0. The van der Waals surface area contributed by atoms with E-state index in [0.29, 0.717) is 18.1 Å². The van der Waals surface area contributed by atoms with Crippen LogP contribution in [0.2, 0.25) is 0 Å². The van der Waals surface area contributed by atoms with E-state index >= 15 is 0 Å². The number of rotatable bonds is 6. The number of ether oxygens (including phenoxy) is 1. The van der Waals surface area contributed by atoms with E-state index in [2.05, 4.69) is 0 Å². The van der Waals surface area contributed by atoms with Crippen molar-refractivity contribution in [2.75, 3.05) is 6.61 Å². The van der Waals surface area contributed by atoms with Gasteiger partial charge in [0.05, 0.1) is 6.61 Å². The van der Waals surface area contributed by atoms with Crippen molar-refractivity contribution in [1.29, 1.82) is 0 Å². The minimum absolute atomic E-state index is 0.168. The van der Waals surface area contributed by atoms with E-state index in [1.54, 1.807) is 12.1 Å². The van der Waals surface area contributed by atoms with Crippen molar-refractivity contribution < 1.29 is 22.7 Å². The summed E-state index contributed by atoms with van der Waals surface area (Å²) in [4.78, 5) is 10.9. The maximum absolute atomic E-state index is 12.2. The molecular formula is C21H22F3NO2. The number of nitrogens with one attached hydrogen (secondary N) is 1. The Hall–Kier alpha value is -2.50. The summed E-state index contributed by atoms with van der Waals surface area (Å²) in [5, 5.41) is 1.87. The smallest absolute Gasteiger partial charge is 0.471 e. The molecule has 1 aliphatic rings. The van der Waals surface area contributed by atoms with E-state index < -0.39 is 12.1 Å². The molecule has 0 atom stereocenters. The number of amides is 1. The van der Waals surface area contributed by atoms with Gasteiger partial charge in [-0.1, -0.05) is 55.3 Å². The lowest BCUT2D eigenvalue weighted by molar-refractivity contribution is -0.173. The molecule has 1 N–H and O–H groups in total. The number of hydrogen-bond acceptors (Lipinski definition) is 2. The number of para-hydroxylation sites is 1. The van der Waals surface area contributed by atoms with Crippen molar-refractivity contribution >= 4 is 5.91 Å². The SMILES string of the molecule is O=C(NCc1ccc(-c2ccccc2OCC2CCCC2)cc1)C(F)(F)F. The molecule has 0 spiro atoms. The molecule has 3 rings (SSSR count). The van der Waals surface area contributed by atoms with Crippen molar-refractivity contribution in [3.8, 4) is 16.9 Å². The number of hydrogen-bond donors (Lipinski definition) is 1. The molecular weight excluding hydrogens is 355 g/mol. The van der Waals surface area contributed by atoms with Crippen LogP contribution >= 0.6 is 0 Å². The van der Waals surface area contributed by atoms with Crippen molar-refractivity contribution in [2.45, 2.75) is 38.4 Å². The minimum Gasteiger partial charge on any atom is -0.493 e. The second-order valence-corrected chi connectivity index (χ2v) is 6.84. The lowest BCUT2D eigenvalue weighted by Gasteiger charge is -2.15. The Kier molecular flexibility index (Phi) is 6.04. The number of halogens is 3. The molecule has 1 amide bonds. The number of alkyl halides is 3. The Morgan fingerprint density at radius 3 is 2.37 bits per heavy atom. The van der Waals surface area contributed by atoms with Gasteiger partial charge in [0.25, 0.3) is 0 Å².